The summed E-state index contributed by atoms with van der Waals surface area (Å²) in [4.78, 5) is 0. The van der Waals surface area contributed by atoms with Gasteiger partial charge in [0, 0.05) is 6.54 Å². The van der Waals surface area contributed by atoms with Crippen molar-refractivity contribution in [1.82, 2.24) is 0 Å². The van der Waals surface area contributed by atoms with Crippen LogP contribution in [0.3, 0.4) is 0 Å². The van der Waals surface area contributed by atoms with Crippen molar-refractivity contribution in [2.24, 2.45) is 5.73 Å². The number of rotatable bonds is 4. The van der Waals surface area contributed by atoms with E-state index in [2.05, 4.69) is 6.58 Å². The first-order valence-corrected chi connectivity index (χ1v) is 3.00. The van der Waals surface area contributed by atoms with Gasteiger partial charge in [-0.3, -0.25) is 0 Å². The molecule has 0 heterocycles. The third kappa shape index (κ3) is 2.45. The Morgan fingerprint density at radius 3 is 2.20 bits per heavy atom. The van der Waals surface area contributed by atoms with Crippen LogP contribution < -0.4 is 5.73 Å². The van der Waals surface area contributed by atoms with Crippen LogP contribution in [0, 0.1) is 0 Å². The Kier molecular flexibility index (Phi) is 4.22. The molecule has 0 aliphatic rings. The summed E-state index contributed by atoms with van der Waals surface area (Å²) >= 11 is 0. The highest BCUT2D eigenvalue weighted by atomic mass is 16.4. The van der Waals surface area contributed by atoms with Crippen LogP contribution in [0.4, 0.5) is 0 Å². The number of aliphatic hydroxyl groups is 3. The minimum Gasteiger partial charge on any atom is -0.389 e. The lowest BCUT2D eigenvalue weighted by atomic mass is 10.1. The fraction of sp³-hybridized carbons (Fsp3) is 0.667. The number of hydrogen-bond acceptors (Lipinski definition) is 4. The summed E-state index contributed by atoms with van der Waals surface area (Å²) in [6, 6.07) is 0. The van der Waals surface area contributed by atoms with E-state index in [0.717, 1.165) is 6.08 Å². The molecule has 5 N–H and O–H groups in total. The smallest absolute Gasteiger partial charge is 0.110 e. The van der Waals surface area contributed by atoms with Crippen LogP contribution in [-0.2, 0) is 0 Å². The van der Waals surface area contributed by atoms with Gasteiger partial charge in [0.1, 0.15) is 12.2 Å². The minimum absolute atomic E-state index is 0.0773. The second-order valence-electron chi connectivity index (χ2n) is 2.02. The van der Waals surface area contributed by atoms with Gasteiger partial charge in [-0.1, -0.05) is 6.08 Å². The highest BCUT2D eigenvalue weighted by molar-refractivity contribution is 4.88. The van der Waals surface area contributed by atoms with Crippen molar-refractivity contribution >= 4 is 0 Å². The molecule has 0 amide bonds. The Labute approximate surface area is 59.6 Å². The summed E-state index contributed by atoms with van der Waals surface area (Å²) in [5.74, 6) is 0. The van der Waals surface area contributed by atoms with E-state index in [1.807, 2.05) is 0 Å². The van der Waals surface area contributed by atoms with E-state index in [-0.39, 0.29) is 6.54 Å². The molecule has 0 aromatic rings. The van der Waals surface area contributed by atoms with Gasteiger partial charge in [-0.25, -0.2) is 0 Å². The third-order valence-corrected chi connectivity index (χ3v) is 1.23. The molecule has 0 aromatic carbocycles. The normalized spacial score (nSPS) is 19.6. The van der Waals surface area contributed by atoms with Crippen LogP contribution in [-0.4, -0.2) is 40.2 Å². The molecule has 0 radical (unpaired) electrons. The monoisotopic (exact) mass is 147 g/mol. The molecule has 0 saturated heterocycles. The van der Waals surface area contributed by atoms with Gasteiger partial charge in [-0.05, 0) is 0 Å². The Hall–Kier alpha value is -0.420. The average molecular weight is 147 g/mol. The average Bonchev–Trinajstić information content (AvgIpc) is 2.00. The maximum Gasteiger partial charge on any atom is 0.110 e. The number of aliphatic hydroxyl groups excluding tert-OH is 3. The highest BCUT2D eigenvalue weighted by Crippen LogP contribution is 1.98. The molecule has 0 aliphatic heterocycles. The molecular formula is C6H13NO3. The SMILES string of the molecule is C=C[C@@H](O)[C@H](O)[C@@H](O)CN. The van der Waals surface area contributed by atoms with Gasteiger partial charge in [0.05, 0.1) is 6.10 Å². The molecule has 0 unspecified atom stereocenters. The maximum absolute atomic E-state index is 8.93. The van der Waals surface area contributed by atoms with Crippen molar-refractivity contribution in [3.8, 4) is 0 Å². The molecule has 60 valence electrons. The summed E-state index contributed by atoms with van der Waals surface area (Å²) in [5, 5.41) is 26.6. The Bertz CT molecular complexity index is 107. The molecule has 0 aliphatic carbocycles. The van der Waals surface area contributed by atoms with Gasteiger partial charge in [0.25, 0.3) is 0 Å². The van der Waals surface area contributed by atoms with Crippen molar-refractivity contribution in [2.45, 2.75) is 18.3 Å². The summed E-state index contributed by atoms with van der Waals surface area (Å²) in [5.41, 5.74) is 5.01. The Morgan fingerprint density at radius 2 is 1.90 bits per heavy atom. The fourth-order valence-electron chi connectivity index (χ4n) is 0.506. The molecule has 0 bridgehead atoms. The number of hydrogen-bond donors (Lipinski definition) is 4. The van der Waals surface area contributed by atoms with E-state index in [9.17, 15) is 0 Å². The molecule has 0 saturated carbocycles. The predicted molar refractivity (Wildman–Crippen MR) is 37.3 cm³/mol. The first kappa shape index (κ1) is 9.58. The molecule has 0 rings (SSSR count). The van der Waals surface area contributed by atoms with Crippen LogP contribution in [0.2, 0.25) is 0 Å². The molecule has 0 fully saturated rings. The minimum atomic E-state index is -1.23. The van der Waals surface area contributed by atoms with Crippen molar-refractivity contribution in [2.75, 3.05) is 6.54 Å². The zero-order chi connectivity index (χ0) is 8.15. The van der Waals surface area contributed by atoms with E-state index >= 15 is 0 Å². The lowest BCUT2D eigenvalue weighted by molar-refractivity contribution is -0.0365. The van der Waals surface area contributed by atoms with E-state index in [4.69, 9.17) is 21.1 Å². The molecule has 0 aromatic heterocycles. The van der Waals surface area contributed by atoms with Crippen LogP contribution in [0.1, 0.15) is 0 Å². The Morgan fingerprint density at radius 1 is 1.40 bits per heavy atom. The maximum atomic E-state index is 8.93. The molecular weight excluding hydrogens is 134 g/mol. The third-order valence-electron chi connectivity index (χ3n) is 1.23. The van der Waals surface area contributed by atoms with Crippen LogP contribution >= 0.6 is 0 Å². The fourth-order valence-corrected chi connectivity index (χ4v) is 0.506. The van der Waals surface area contributed by atoms with Gasteiger partial charge in [0.2, 0.25) is 0 Å². The van der Waals surface area contributed by atoms with Gasteiger partial charge in [-0.15, -0.1) is 6.58 Å². The molecule has 4 heteroatoms. The highest BCUT2D eigenvalue weighted by Gasteiger charge is 2.20. The topological polar surface area (TPSA) is 86.7 Å². The van der Waals surface area contributed by atoms with Crippen molar-refractivity contribution in [3.63, 3.8) is 0 Å². The second kappa shape index (κ2) is 4.40. The Balaban J connectivity index is 3.80. The molecule has 0 spiro atoms. The van der Waals surface area contributed by atoms with Crippen LogP contribution in [0.15, 0.2) is 12.7 Å². The second-order valence-corrected chi connectivity index (χ2v) is 2.02. The van der Waals surface area contributed by atoms with Crippen molar-refractivity contribution in [1.29, 1.82) is 0 Å². The molecule has 10 heavy (non-hydrogen) atoms. The quantitative estimate of drug-likeness (QED) is 0.354. The van der Waals surface area contributed by atoms with E-state index in [1.165, 1.54) is 0 Å². The number of nitrogens with two attached hydrogens (primary N) is 1. The molecule has 4 nitrogen and oxygen atoms in total. The first-order valence-electron chi connectivity index (χ1n) is 3.00. The van der Waals surface area contributed by atoms with Gasteiger partial charge in [0.15, 0.2) is 0 Å². The molecule has 3 atom stereocenters. The van der Waals surface area contributed by atoms with Crippen LogP contribution in [0.5, 0.6) is 0 Å². The van der Waals surface area contributed by atoms with Crippen LogP contribution in [0.25, 0.3) is 0 Å². The van der Waals surface area contributed by atoms with Gasteiger partial charge >= 0.3 is 0 Å². The predicted octanol–water partition coefficient (Wildman–Crippen LogP) is -1.79. The van der Waals surface area contributed by atoms with Crippen molar-refractivity contribution in [3.05, 3.63) is 12.7 Å². The summed E-state index contributed by atoms with van der Waals surface area (Å²) < 4.78 is 0. The van der Waals surface area contributed by atoms with E-state index < -0.39 is 18.3 Å². The summed E-state index contributed by atoms with van der Waals surface area (Å²) in [7, 11) is 0. The lowest BCUT2D eigenvalue weighted by Crippen LogP contribution is -2.40. The zero-order valence-corrected chi connectivity index (χ0v) is 5.64. The zero-order valence-electron chi connectivity index (χ0n) is 5.64. The van der Waals surface area contributed by atoms with E-state index in [0.29, 0.717) is 0 Å². The van der Waals surface area contributed by atoms with Crippen molar-refractivity contribution < 1.29 is 15.3 Å². The summed E-state index contributed by atoms with van der Waals surface area (Å²) in [6.45, 7) is 3.16. The van der Waals surface area contributed by atoms with Gasteiger partial charge in [-0.2, -0.15) is 0 Å². The van der Waals surface area contributed by atoms with E-state index in [1.54, 1.807) is 0 Å². The largest absolute Gasteiger partial charge is 0.389 e. The summed E-state index contributed by atoms with van der Waals surface area (Å²) in [6.07, 6.45) is -2.29. The first-order chi connectivity index (χ1) is 4.63. The lowest BCUT2D eigenvalue weighted by Gasteiger charge is -2.18. The standard InChI is InChI=1S/C6H13NO3/c1-2-4(8)6(10)5(9)3-7/h2,4-6,8-10H,1,3,7H2/t4-,5+,6+/m1/s1. The van der Waals surface area contributed by atoms with Gasteiger partial charge < -0.3 is 21.1 Å².